The van der Waals surface area contributed by atoms with Crippen LogP contribution in [0, 0.1) is 35.0 Å². The second kappa shape index (κ2) is 5.06. The van der Waals surface area contributed by atoms with E-state index in [0.717, 1.165) is 43.6 Å². The number of carbonyl (C=O) groups excluding carboxylic acids is 1. The fourth-order valence-corrected chi connectivity index (χ4v) is 7.62. The van der Waals surface area contributed by atoms with Gasteiger partial charge in [0, 0.05) is 11.8 Å². The van der Waals surface area contributed by atoms with Crippen LogP contribution in [0.25, 0.3) is 0 Å². The number of rotatable bonds is 0. The van der Waals surface area contributed by atoms with Crippen LogP contribution in [0.15, 0.2) is 23.8 Å². The smallest absolute Gasteiger partial charge is 0.155 e. The molecule has 0 radical (unpaired) electrons. The van der Waals surface area contributed by atoms with Crippen LogP contribution in [-0.2, 0) is 9.53 Å². The van der Waals surface area contributed by atoms with E-state index >= 15 is 0 Å². The first-order valence-corrected chi connectivity index (χ1v) is 10.1. The first kappa shape index (κ1) is 15.4. The Hall–Kier alpha value is -0.890. The molecule has 7 atom stereocenters. The largest absolute Gasteiger partial charge is 0.366 e. The van der Waals surface area contributed by atoms with Gasteiger partial charge in [-0.15, -0.1) is 0 Å². The van der Waals surface area contributed by atoms with Crippen molar-refractivity contribution in [3.05, 3.63) is 23.8 Å². The number of ketones is 1. The predicted molar refractivity (Wildman–Crippen MR) is 94.5 cm³/mol. The van der Waals surface area contributed by atoms with Gasteiger partial charge < -0.3 is 4.74 Å². The van der Waals surface area contributed by atoms with E-state index in [9.17, 15) is 4.79 Å². The van der Waals surface area contributed by atoms with E-state index in [2.05, 4.69) is 26.0 Å². The Labute approximate surface area is 145 Å². The molecule has 4 aliphatic carbocycles. The maximum atomic E-state index is 11.9. The summed E-state index contributed by atoms with van der Waals surface area (Å²) in [5.41, 5.74) is 1.84. The summed E-state index contributed by atoms with van der Waals surface area (Å²) in [5, 5.41) is 0. The summed E-state index contributed by atoms with van der Waals surface area (Å²) in [5.74, 6) is 4.23. The van der Waals surface area contributed by atoms with Gasteiger partial charge in [-0.1, -0.05) is 31.6 Å². The van der Waals surface area contributed by atoms with Gasteiger partial charge in [-0.3, -0.25) is 4.79 Å². The van der Waals surface area contributed by atoms with Gasteiger partial charge in [0.25, 0.3) is 0 Å². The molecule has 0 aromatic heterocycles. The molecule has 24 heavy (non-hydrogen) atoms. The standard InChI is InChI=1S/C22H30O2/c1-14-12-15-13-16(23)4-5-17(15)18-6-9-21(2)19(20(14)18)7-10-22(21)8-3-11-24-22/h3,8,13-14,17-20H,4-7,9-12H2,1-2H3/t14?,17-,18?,19?,20?,21-,22-/m0/s1. The summed E-state index contributed by atoms with van der Waals surface area (Å²) in [4.78, 5) is 11.9. The molecule has 5 rings (SSSR count). The zero-order valence-electron chi connectivity index (χ0n) is 15.1. The molecule has 4 unspecified atom stereocenters. The quantitative estimate of drug-likeness (QED) is 0.603. The van der Waals surface area contributed by atoms with Crippen molar-refractivity contribution in [3.8, 4) is 0 Å². The lowest BCUT2D eigenvalue weighted by Gasteiger charge is -2.57. The highest BCUT2D eigenvalue weighted by Gasteiger charge is 2.64. The van der Waals surface area contributed by atoms with E-state index in [4.69, 9.17) is 4.74 Å². The number of fused-ring (bicyclic) bond motifs is 6. The summed E-state index contributed by atoms with van der Waals surface area (Å²) in [7, 11) is 0. The summed E-state index contributed by atoms with van der Waals surface area (Å²) >= 11 is 0. The van der Waals surface area contributed by atoms with Crippen LogP contribution in [0.1, 0.15) is 58.8 Å². The molecule has 0 aromatic carbocycles. The Morgan fingerprint density at radius 1 is 1.21 bits per heavy atom. The number of carbonyl (C=O) groups is 1. The van der Waals surface area contributed by atoms with E-state index in [1.54, 1.807) is 0 Å². The van der Waals surface area contributed by atoms with Gasteiger partial charge in [-0.25, -0.2) is 0 Å². The van der Waals surface area contributed by atoms with Crippen LogP contribution < -0.4 is 0 Å². The molecule has 3 saturated carbocycles. The molecule has 130 valence electrons. The Bertz CT molecular complexity index is 632. The van der Waals surface area contributed by atoms with Crippen molar-refractivity contribution >= 4 is 5.78 Å². The van der Waals surface area contributed by atoms with Gasteiger partial charge in [0.2, 0.25) is 0 Å². The molecule has 2 heteroatoms. The number of hydrogen-bond acceptors (Lipinski definition) is 2. The number of hydrogen-bond donors (Lipinski definition) is 0. The van der Waals surface area contributed by atoms with Crippen LogP contribution in [0.3, 0.4) is 0 Å². The minimum Gasteiger partial charge on any atom is -0.366 e. The topological polar surface area (TPSA) is 26.3 Å². The first-order valence-electron chi connectivity index (χ1n) is 10.1. The van der Waals surface area contributed by atoms with Crippen molar-refractivity contribution in [2.75, 3.05) is 6.61 Å². The normalized spacial score (nSPS) is 52.8. The van der Waals surface area contributed by atoms with E-state index < -0.39 is 0 Å². The van der Waals surface area contributed by atoms with Gasteiger partial charge in [0.05, 0.1) is 12.2 Å². The third-order valence-corrected chi connectivity index (χ3v) is 8.65. The summed E-state index contributed by atoms with van der Waals surface area (Å²) in [6, 6.07) is 0. The van der Waals surface area contributed by atoms with Crippen molar-refractivity contribution in [3.63, 3.8) is 0 Å². The first-order chi connectivity index (χ1) is 11.5. The van der Waals surface area contributed by atoms with Gasteiger partial charge in [-0.05, 0) is 74.2 Å². The Kier molecular flexibility index (Phi) is 3.24. The van der Waals surface area contributed by atoms with Crippen LogP contribution in [-0.4, -0.2) is 18.0 Å². The Morgan fingerprint density at radius 3 is 2.88 bits per heavy atom. The zero-order valence-corrected chi connectivity index (χ0v) is 15.1. The van der Waals surface area contributed by atoms with Crippen molar-refractivity contribution < 1.29 is 9.53 Å². The predicted octanol–water partition coefficient (Wildman–Crippen LogP) is 4.70. The van der Waals surface area contributed by atoms with Crippen molar-refractivity contribution in [2.24, 2.45) is 35.0 Å². The highest BCUT2D eigenvalue weighted by molar-refractivity contribution is 5.91. The van der Waals surface area contributed by atoms with E-state index in [1.165, 1.54) is 31.3 Å². The SMILES string of the molecule is CC1CC2=CC(=O)CC[C@@H]2C2CC[C@@]3(C)C(CC[C@@]34C=CCO4)C12. The Balaban J connectivity index is 1.51. The van der Waals surface area contributed by atoms with Crippen LogP contribution in [0.4, 0.5) is 0 Å². The molecular formula is C22H30O2. The third-order valence-electron chi connectivity index (χ3n) is 8.65. The summed E-state index contributed by atoms with van der Waals surface area (Å²) in [6.07, 6.45) is 14.9. The molecule has 1 aliphatic heterocycles. The van der Waals surface area contributed by atoms with Gasteiger partial charge in [0.15, 0.2) is 5.78 Å². The van der Waals surface area contributed by atoms with Crippen molar-refractivity contribution in [2.45, 2.75) is 64.4 Å². The molecule has 0 aromatic rings. The maximum Gasteiger partial charge on any atom is 0.155 e. The monoisotopic (exact) mass is 326 g/mol. The van der Waals surface area contributed by atoms with E-state index in [0.29, 0.717) is 23.0 Å². The van der Waals surface area contributed by atoms with Crippen LogP contribution in [0.5, 0.6) is 0 Å². The fraction of sp³-hybridized carbons (Fsp3) is 0.773. The van der Waals surface area contributed by atoms with Gasteiger partial charge in [0.1, 0.15) is 0 Å². The molecule has 0 bridgehead atoms. The molecule has 0 amide bonds. The molecule has 2 nitrogen and oxygen atoms in total. The maximum absolute atomic E-state index is 11.9. The second-order valence-corrected chi connectivity index (χ2v) is 9.46. The molecule has 0 N–H and O–H groups in total. The van der Waals surface area contributed by atoms with Crippen LogP contribution in [0.2, 0.25) is 0 Å². The molecule has 1 heterocycles. The summed E-state index contributed by atoms with van der Waals surface area (Å²) in [6.45, 7) is 5.79. The van der Waals surface area contributed by atoms with Crippen molar-refractivity contribution in [1.82, 2.24) is 0 Å². The highest BCUT2D eigenvalue weighted by Crippen LogP contribution is 2.67. The average molecular weight is 326 g/mol. The minimum absolute atomic E-state index is 0.0288. The second-order valence-electron chi connectivity index (χ2n) is 9.46. The minimum atomic E-state index is 0.0288. The third kappa shape index (κ3) is 1.84. The number of ether oxygens (including phenoxy) is 1. The Morgan fingerprint density at radius 2 is 2.08 bits per heavy atom. The molecular weight excluding hydrogens is 296 g/mol. The van der Waals surface area contributed by atoms with E-state index in [1.807, 2.05) is 6.08 Å². The molecule has 0 saturated heterocycles. The lowest BCUT2D eigenvalue weighted by molar-refractivity contribution is -0.123. The highest BCUT2D eigenvalue weighted by atomic mass is 16.5. The fourth-order valence-electron chi connectivity index (χ4n) is 7.62. The van der Waals surface area contributed by atoms with Crippen LogP contribution >= 0.6 is 0 Å². The van der Waals surface area contributed by atoms with Gasteiger partial charge >= 0.3 is 0 Å². The zero-order chi connectivity index (χ0) is 16.5. The van der Waals surface area contributed by atoms with Crippen molar-refractivity contribution in [1.29, 1.82) is 0 Å². The molecule has 1 spiro atoms. The average Bonchev–Trinajstić information content (AvgIpc) is 3.14. The molecule has 5 aliphatic rings. The lowest BCUT2D eigenvalue weighted by Crippen LogP contribution is -2.54. The lowest BCUT2D eigenvalue weighted by atomic mass is 9.48. The van der Waals surface area contributed by atoms with E-state index in [-0.39, 0.29) is 5.60 Å². The van der Waals surface area contributed by atoms with Gasteiger partial charge in [-0.2, -0.15) is 0 Å². The molecule has 3 fully saturated rings. The summed E-state index contributed by atoms with van der Waals surface area (Å²) < 4.78 is 6.34. The number of allylic oxidation sites excluding steroid dienone is 1.